The van der Waals surface area contributed by atoms with Crippen molar-refractivity contribution in [1.29, 1.82) is 0 Å². The number of nitrogens with one attached hydrogen (secondary N) is 1. The summed E-state index contributed by atoms with van der Waals surface area (Å²) in [4.78, 5) is 35.7. The molecule has 4 rings (SSSR count). The number of anilines is 1. The third-order valence-electron chi connectivity index (χ3n) is 6.10. The second-order valence-corrected chi connectivity index (χ2v) is 9.63. The summed E-state index contributed by atoms with van der Waals surface area (Å²) >= 11 is 1.62. The summed E-state index contributed by atoms with van der Waals surface area (Å²) in [6.07, 6.45) is 6.27. The fraction of sp³-hybridized carbons (Fsp3) is 0.500. The molecule has 0 radical (unpaired) electrons. The molecule has 1 N–H and O–H groups in total. The van der Waals surface area contributed by atoms with Crippen LogP contribution < -0.4 is 19.7 Å². The van der Waals surface area contributed by atoms with Crippen molar-refractivity contribution in [3.63, 3.8) is 0 Å². The van der Waals surface area contributed by atoms with Gasteiger partial charge in [0, 0.05) is 31.5 Å². The summed E-state index contributed by atoms with van der Waals surface area (Å²) in [7, 11) is 2.78. The van der Waals surface area contributed by atoms with Gasteiger partial charge in [0.1, 0.15) is 11.4 Å². The topological polar surface area (TPSA) is 138 Å². The number of carbonyl (C=O) groups excluding carboxylic acids is 1. The van der Waals surface area contributed by atoms with Gasteiger partial charge in [0.05, 0.1) is 43.3 Å². The Labute approximate surface area is 218 Å². The summed E-state index contributed by atoms with van der Waals surface area (Å²) in [5.74, 6) is 1.63. The molecule has 3 heterocycles. The van der Waals surface area contributed by atoms with Crippen LogP contribution in [-0.2, 0) is 6.54 Å². The molecule has 12 nitrogen and oxygen atoms in total. The Kier molecular flexibility index (Phi) is 8.64. The molecule has 0 spiro atoms. The summed E-state index contributed by atoms with van der Waals surface area (Å²) in [6, 6.07) is 2.49. The van der Waals surface area contributed by atoms with Crippen molar-refractivity contribution in [3.8, 4) is 11.5 Å². The molecule has 0 bridgehead atoms. The number of ether oxygens (including phenoxy) is 2. The maximum Gasteiger partial charge on any atom is 0.286 e. The number of hydrogen-bond donors (Lipinski definition) is 1. The molecule has 2 aromatic heterocycles. The monoisotopic (exact) mass is 529 g/mol. The SMILES string of the molecule is CCCSc1nc(N2CCCCC2)c2cnn(CCNC(=O)c3cc(OC)c(OC)cc3[N+](=O)[O-])c2n1. The molecule has 0 unspecified atom stereocenters. The fourth-order valence-corrected chi connectivity index (χ4v) is 4.95. The molecular formula is C24H31N7O5S. The van der Waals surface area contributed by atoms with Crippen molar-refractivity contribution in [1.82, 2.24) is 25.1 Å². The molecule has 198 valence electrons. The Morgan fingerprint density at radius 3 is 2.57 bits per heavy atom. The molecule has 0 atom stereocenters. The van der Waals surface area contributed by atoms with Gasteiger partial charge in [-0.1, -0.05) is 18.7 Å². The number of nitro benzene ring substituents is 1. The van der Waals surface area contributed by atoms with E-state index in [1.165, 1.54) is 32.8 Å². The minimum atomic E-state index is -0.619. The smallest absolute Gasteiger partial charge is 0.286 e. The maximum absolute atomic E-state index is 12.9. The lowest BCUT2D eigenvalue weighted by Gasteiger charge is -2.28. The number of amides is 1. The summed E-state index contributed by atoms with van der Waals surface area (Å²) in [6.45, 7) is 4.56. The molecule has 13 heteroatoms. The average Bonchev–Trinajstić information content (AvgIpc) is 3.33. The van der Waals surface area contributed by atoms with Crippen LogP contribution in [0.1, 0.15) is 43.0 Å². The van der Waals surface area contributed by atoms with Gasteiger partial charge in [-0.05, 0) is 25.7 Å². The number of rotatable bonds is 11. The van der Waals surface area contributed by atoms with Crippen molar-refractivity contribution < 1.29 is 19.2 Å². The maximum atomic E-state index is 12.9. The predicted octanol–water partition coefficient (Wildman–Crippen LogP) is 3.67. The van der Waals surface area contributed by atoms with E-state index >= 15 is 0 Å². The number of piperidine rings is 1. The van der Waals surface area contributed by atoms with Gasteiger partial charge in [0.2, 0.25) is 0 Å². The summed E-state index contributed by atoms with van der Waals surface area (Å²) < 4.78 is 12.1. The van der Waals surface area contributed by atoms with E-state index in [1.807, 2.05) is 0 Å². The minimum Gasteiger partial charge on any atom is -0.493 e. The Bertz CT molecular complexity index is 1280. The first-order valence-electron chi connectivity index (χ1n) is 12.3. The van der Waals surface area contributed by atoms with Gasteiger partial charge in [-0.2, -0.15) is 5.10 Å². The zero-order valence-corrected chi connectivity index (χ0v) is 22.0. The summed E-state index contributed by atoms with van der Waals surface area (Å²) in [5, 5.41) is 20.4. The third kappa shape index (κ3) is 5.87. The number of aromatic nitrogens is 4. The molecule has 0 saturated carbocycles. The number of thioether (sulfide) groups is 1. The second-order valence-electron chi connectivity index (χ2n) is 8.57. The van der Waals surface area contributed by atoms with E-state index in [9.17, 15) is 14.9 Å². The van der Waals surface area contributed by atoms with Crippen LogP contribution in [-0.4, -0.2) is 70.2 Å². The van der Waals surface area contributed by atoms with E-state index in [1.54, 1.807) is 22.6 Å². The molecule has 0 aliphatic carbocycles. The van der Waals surface area contributed by atoms with Crippen LogP contribution in [0, 0.1) is 10.1 Å². The van der Waals surface area contributed by atoms with E-state index in [-0.39, 0.29) is 29.3 Å². The van der Waals surface area contributed by atoms with E-state index in [0.717, 1.165) is 49.3 Å². The van der Waals surface area contributed by atoms with Crippen LogP contribution in [0.15, 0.2) is 23.5 Å². The number of methoxy groups -OCH3 is 2. The Balaban J connectivity index is 1.55. The third-order valence-corrected chi connectivity index (χ3v) is 7.15. The number of hydrogen-bond acceptors (Lipinski definition) is 10. The highest BCUT2D eigenvalue weighted by Crippen LogP contribution is 2.34. The number of carbonyl (C=O) groups is 1. The van der Waals surface area contributed by atoms with E-state index < -0.39 is 10.8 Å². The highest BCUT2D eigenvalue weighted by atomic mass is 32.2. The van der Waals surface area contributed by atoms with Crippen molar-refractivity contribution in [2.45, 2.75) is 44.3 Å². The quantitative estimate of drug-likeness (QED) is 0.169. The lowest BCUT2D eigenvalue weighted by atomic mass is 10.1. The number of fused-ring (bicyclic) bond motifs is 1. The van der Waals surface area contributed by atoms with Crippen LogP contribution in [0.5, 0.6) is 11.5 Å². The molecule has 1 aliphatic heterocycles. The molecule has 1 aromatic carbocycles. The van der Waals surface area contributed by atoms with Gasteiger partial charge in [-0.15, -0.1) is 0 Å². The highest BCUT2D eigenvalue weighted by Gasteiger charge is 2.25. The average molecular weight is 530 g/mol. The molecule has 3 aromatic rings. The number of benzene rings is 1. The number of nitro groups is 1. The van der Waals surface area contributed by atoms with Crippen molar-refractivity contribution >= 4 is 40.2 Å². The minimum absolute atomic E-state index is 0.110. The van der Waals surface area contributed by atoms with Crippen LogP contribution in [0.2, 0.25) is 0 Å². The lowest BCUT2D eigenvalue weighted by molar-refractivity contribution is -0.385. The van der Waals surface area contributed by atoms with Crippen LogP contribution in [0.4, 0.5) is 11.5 Å². The second kappa shape index (κ2) is 12.1. The van der Waals surface area contributed by atoms with Gasteiger partial charge in [-0.25, -0.2) is 14.6 Å². The van der Waals surface area contributed by atoms with Gasteiger partial charge >= 0.3 is 0 Å². The lowest BCUT2D eigenvalue weighted by Crippen LogP contribution is -2.30. The Morgan fingerprint density at radius 2 is 1.89 bits per heavy atom. The van der Waals surface area contributed by atoms with Gasteiger partial charge in [-0.3, -0.25) is 14.9 Å². The Morgan fingerprint density at radius 1 is 1.16 bits per heavy atom. The first-order valence-corrected chi connectivity index (χ1v) is 13.2. The van der Waals surface area contributed by atoms with E-state index in [4.69, 9.17) is 19.4 Å². The van der Waals surface area contributed by atoms with Gasteiger partial charge in [0.25, 0.3) is 11.6 Å². The molecule has 1 fully saturated rings. The molecule has 1 saturated heterocycles. The van der Waals surface area contributed by atoms with Crippen molar-refractivity contribution in [3.05, 3.63) is 34.0 Å². The first kappa shape index (κ1) is 26.5. The summed E-state index contributed by atoms with van der Waals surface area (Å²) in [5.41, 5.74) is 0.234. The normalized spacial score (nSPS) is 13.5. The molecule has 1 amide bonds. The first-order chi connectivity index (χ1) is 18.0. The zero-order valence-electron chi connectivity index (χ0n) is 21.2. The fourth-order valence-electron chi connectivity index (χ4n) is 4.26. The van der Waals surface area contributed by atoms with Crippen molar-refractivity contribution in [2.75, 3.05) is 44.5 Å². The Hall–Kier alpha value is -3.61. The van der Waals surface area contributed by atoms with Gasteiger partial charge < -0.3 is 19.7 Å². The van der Waals surface area contributed by atoms with Crippen LogP contribution >= 0.6 is 11.8 Å². The zero-order chi connectivity index (χ0) is 26.4. The highest BCUT2D eigenvalue weighted by molar-refractivity contribution is 7.99. The van der Waals surface area contributed by atoms with Gasteiger partial charge in [0.15, 0.2) is 22.3 Å². The number of nitrogens with zero attached hydrogens (tertiary/aromatic N) is 6. The van der Waals surface area contributed by atoms with Crippen LogP contribution in [0.25, 0.3) is 11.0 Å². The van der Waals surface area contributed by atoms with E-state index in [2.05, 4.69) is 22.2 Å². The van der Waals surface area contributed by atoms with Crippen molar-refractivity contribution in [2.24, 2.45) is 0 Å². The predicted molar refractivity (Wildman–Crippen MR) is 141 cm³/mol. The molecule has 1 aliphatic rings. The standard InChI is InChI=1S/C24H31N7O5S/c1-4-12-37-24-27-21(29-9-6-5-7-10-29)17-15-26-30(22(17)28-24)11-8-25-23(32)16-13-19(35-2)20(36-3)14-18(16)31(33)34/h13-15H,4-12H2,1-3H3,(H,25,32). The largest absolute Gasteiger partial charge is 0.493 e. The van der Waals surface area contributed by atoms with E-state index in [0.29, 0.717) is 17.3 Å². The molecule has 37 heavy (non-hydrogen) atoms. The van der Waals surface area contributed by atoms with Crippen LogP contribution in [0.3, 0.4) is 0 Å². The molecular weight excluding hydrogens is 498 g/mol.